The summed E-state index contributed by atoms with van der Waals surface area (Å²) in [5.74, 6) is -5.23. The SMILES string of the molecule is CC(C)CC(NC(=O)C(CC(N)=O)NC(=O)C(N)C(C)O)C(=O)NC(C(=O)O)C(C)O. The minimum Gasteiger partial charge on any atom is -0.480 e. The Morgan fingerprint density at radius 3 is 1.68 bits per heavy atom. The molecule has 0 aromatic rings. The molecule has 13 nitrogen and oxygen atoms in total. The number of hydrogen-bond donors (Lipinski definition) is 8. The van der Waals surface area contributed by atoms with E-state index in [1.807, 2.05) is 0 Å². The van der Waals surface area contributed by atoms with Gasteiger partial charge in [0, 0.05) is 0 Å². The minimum atomic E-state index is -1.61. The number of carbonyl (C=O) groups is 5. The van der Waals surface area contributed by atoms with Crippen molar-refractivity contribution in [2.45, 2.75) is 76.9 Å². The quantitative estimate of drug-likeness (QED) is 0.140. The second kappa shape index (κ2) is 12.8. The predicted octanol–water partition coefficient (Wildman–Crippen LogP) is -3.46. The molecule has 0 aliphatic rings. The van der Waals surface area contributed by atoms with E-state index in [4.69, 9.17) is 16.6 Å². The molecule has 178 valence electrons. The van der Waals surface area contributed by atoms with Crippen LogP contribution < -0.4 is 27.4 Å². The Labute approximate surface area is 179 Å². The highest BCUT2D eigenvalue weighted by Gasteiger charge is 2.33. The van der Waals surface area contributed by atoms with Crippen LogP contribution in [0.2, 0.25) is 0 Å². The van der Waals surface area contributed by atoms with E-state index < -0.39 is 72.4 Å². The maximum atomic E-state index is 12.7. The number of carboxylic acids is 1. The lowest BCUT2D eigenvalue weighted by atomic mass is 10.0. The molecule has 0 aromatic carbocycles. The minimum absolute atomic E-state index is 0.0914. The highest BCUT2D eigenvalue weighted by molar-refractivity contribution is 5.96. The molecule has 4 amide bonds. The van der Waals surface area contributed by atoms with E-state index in [0.29, 0.717) is 0 Å². The topological polar surface area (TPSA) is 234 Å². The number of nitrogens with one attached hydrogen (secondary N) is 3. The van der Waals surface area contributed by atoms with Crippen LogP contribution in [0, 0.1) is 5.92 Å². The number of carboxylic acid groups (broad SMARTS) is 1. The van der Waals surface area contributed by atoms with Crippen LogP contribution in [-0.4, -0.2) is 81.3 Å². The van der Waals surface area contributed by atoms with Crippen LogP contribution in [-0.2, 0) is 24.0 Å². The van der Waals surface area contributed by atoms with Crippen molar-refractivity contribution >= 4 is 29.6 Å². The van der Waals surface area contributed by atoms with Gasteiger partial charge >= 0.3 is 5.97 Å². The molecule has 0 bridgehead atoms. The average molecular weight is 447 g/mol. The number of amides is 4. The molecule has 0 aliphatic carbocycles. The zero-order chi connectivity index (χ0) is 24.5. The van der Waals surface area contributed by atoms with Crippen molar-refractivity contribution in [1.29, 1.82) is 0 Å². The molecule has 10 N–H and O–H groups in total. The molecule has 0 aliphatic heterocycles. The number of carbonyl (C=O) groups excluding carboxylic acids is 4. The number of aliphatic hydroxyl groups is 2. The molecule has 0 aromatic heterocycles. The van der Waals surface area contributed by atoms with Crippen LogP contribution in [0.3, 0.4) is 0 Å². The summed E-state index contributed by atoms with van der Waals surface area (Å²) >= 11 is 0. The van der Waals surface area contributed by atoms with Gasteiger partial charge in [-0.3, -0.25) is 19.2 Å². The van der Waals surface area contributed by atoms with Crippen molar-refractivity contribution < 1.29 is 39.3 Å². The standard InChI is InChI=1S/C18H33N5O8/c1-7(2)5-10(16(28)23-14(9(4)25)18(30)31)21-15(27)11(6-12(19)26)22-17(29)13(20)8(3)24/h7-11,13-14,24-25H,5-6,20H2,1-4H3,(H2,19,26)(H,21,27)(H,22,29)(H,23,28)(H,30,31). The van der Waals surface area contributed by atoms with E-state index in [1.165, 1.54) is 13.8 Å². The van der Waals surface area contributed by atoms with E-state index in [2.05, 4.69) is 16.0 Å². The number of aliphatic hydroxyl groups excluding tert-OH is 2. The monoisotopic (exact) mass is 447 g/mol. The summed E-state index contributed by atoms with van der Waals surface area (Å²) in [6.07, 6.45) is -3.15. The highest BCUT2D eigenvalue weighted by Crippen LogP contribution is 2.07. The average Bonchev–Trinajstić information content (AvgIpc) is 2.62. The summed E-state index contributed by atoms with van der Waals surface area (Å²) in [6.45, 7) is 5.94. The predicted molar refractivity (Wildman–Crippen MR) is 108 cm³/mol. The van der Waals surface area contributed by atoms with Gasteiger partial charge in [0.2, 0.25) is 23.6 Å². The Kier molecular flexibility index (Phi) is 11.7. The highest BCUT2D eigenvalue weighted by atomic mass is 16.4. The fourth-order valence-electron chi connectivity index (χ4n) is 2.52. The van der Waals surface area contributed by atoms with E-state index >= 15 is 0 Å². The first kappa shape index (κ1) is 28.2. The Morgan fingerprint density at radius 2 is 1.29 bits per heavy atom. The summed E-state index contributed by atoms with van der Waals surface area (Å²) in [5.41, 5.74) is 10.6. The summed E-state index contributed by atoms with van der Waals surface area (Å²) in [7, 11) is 0. The van der Waals surface area contributed by atoms with Crippen molar-refractivity contribution in [3.8, 4) is 0 Å². The van der Waals surface area contributed by atoms with Gasteiger partial charge in [-0.25, -0.2) is 4.79 Å². The molecule has 13 heteroatoms. The van der Waals surface area contributed by atoms with Gasteiger partial charge in [-0.15, -0.1) is 0 Å². The number of aliphatic carboxylic acids is 1. The van der Waals surface area contributed by atoms with Crippen LogP contribution in [0.4, 0.5) is 0 Å². The first-order valence-corrected chi connectivity index (χ1v) is 9.71. The van der Waals surface area contributed by atoms with Gasteiger partial charge < -0.3 is 42.7 Å². The van der Waals surface area contributed by atoms with Crippen molar-refractivity contribution in [3.05, 3.63) is 0 Å². The second-order valence-electron chi connectivity index (χ2n) is 7.75. The van der Waals surface area contributed by atoms with Crippen molar-refractivity contribution in [2.75, 3.05) is 0 Å². The lowest BCUT2D eigenvalue weighted by Crippen LogP contribution is -2.59. The number of rotatable bonds is 13. The van der Waals surface area contributed by atoms with E-state index in [0.717, 1.165) is 0 Å². The molecular weight excluding hydrogens is 414 g/mol. The molecule has 6 unspecified atom stereocenters. The summed E-state index contributed by atoms with van der Waals surface area (Å²) in [4.78, 5) is 59.9. The Hall–Kier alpha value is -2.77. The molecule has 31 heavy (non-hydrogen) atoms. The molecular formula is C18H33N5O8. The molecule has 0 saturated heterocycles. The zero-order valence-electron chi connectivity index (χ0n) is 18.0. The summed E-state index contributed by atoms with van der Waals surface area (Å²) in [6, 6.07) is -5.69. The molecule has 0 rings (SSSR count). The van der Waals surface area contributed by atoms with Crippen LogP contribution in [0.15, 0.2) is 0 Å². The molecule has 0 fully saturated rings. The van der Waals surface area contributed by atoms with Crippen LogP contribution >= 0.6 is 0 Å². The number of hydrogen-bond acceptors (Lipinski definition) is 8. The first-order chi connectivity index (χ1) is 14.2. The van der Waals surface area contributed by atoms with Gasteiger partial charge in [-0.2, -0.15) is 0 Å². The summed E-state index contributed by atoms with van der Waals surface area (Å²) < 4.78 is 0. The van der Waals surface area contributed by atoms with Crippen molar-refractivity contribution in [3.63, 3.8) is 0 Å². The molecule has 0 saturated carbocycles. The Balaban J connectivity index is 5.54. The Morgan fingerprint density at radius 1 is 0.806 bits per heavy atom. The normalized spacial score (nSPS) is 16.9. The van der Waals surface area contributed by atoms with Gasteiger partial charge in [0.05, 0.1) is 18.6 Å². The number of nitrogens with two attached hydrogens (primary N) is 2. The van der Waals surface area contributed by atoms with Crippen LogP contribution in [0.25, 0.3) is 0 Å². The van der Waals surface area contributed by atoms with Gasteiger partial charge in [0.15, 0.2) is 6.04 Å². The molecule has 0 spiro atoms. The fourth-order valence-corrected chi connectivity index (χ4v) is 2.52. The van der Waals surface area contributed by atoms with Gasteiger partial charge in [0.25, 0.3) is 0 Å². The third-order valence-corrected chi connectivity index (χ3v) is 4.25. The van der Waals surface area contributed by atoms with Gasteiger partial charge in [-0.05, 0) is 26.2 Å². The van der Waals surface area contributed by atoms with E-state index in [9.17, 15) is 34.2 Å². The first-order valence-electron chi connectivity index (χ1n) is 9.71. The van der Waals surface area contributed by atoms with E-state index in [1.54, 1.807) is 13.8 Å². The zero-order valence-corrected chi connectivity index (χ0v) is 18.0. The summed E-state index contributed by atoms with van der Waals surface area (Å²) in [5, 5.41) is 34.8. The van der Waals surface area contributed by atoms with Crippen LogP contribution in [0.5, 0.6) is 0 Å². The maximum absolute atomic E-state index is 12.7. The molecule has 6 atom stereocenters. The third-order valence-electron chi connectivity index (χ3n) is 4.25. The van der Waals surface area contributed by atoms with Gasteiger partial charge in [0.1, 0.15) is 18.1 Å². The smallest absolute Gasteiger partial charge is 0.328 e. The van der Waals surface area contributed by atoms with Crippen LogP contribution in [0.1, 0.15) is 40.5 Å². The third kappa shape index (κ3) is 10.2. The lowest BCUT2D eigenvalue weighted by molar-refractivity contribution is -0.145. The van der Waals surface area contributed by atoms with E-state index in [-0.39, 0.29) is 12.3 Å². The lowest BCUT2D eigenvalue weighted by Gasteiger charge is -2.26. The largest absolute Gasteiger partial charge is 0.480 e. The van der Waals surface area contributed by atoms with Crippen molar-refractivity contribution in [1.82, 2.24) is 16.0 Å². The molecule has 0 radical (unpaired) electrons. The molecule has 0 heterocycles. The number of primary amides is 1. The maximum Gasteiger partial charge on any atom is 0.328 e. The van der Waals surface area contributed by atoms with Crippen molar-refractivity contribution in [2.24, 2.45) is 17.4 Å². The second-order valence-corrected chi connectivity index (χ2v) is 7.75. The van der Waals surface area contributed by atoms with Gasteiger partial charge in [-0.1, -0.05) is 13.8 Å². The fraction of sp³-hybridized carbons (Fsp3) is 0.722. The Bertz CT molecular complexity index is 667.